The minimum Gasteiger partial charge on any atom is -0.465 e. The van der Waals surface area contributed by atoms with Gasteiger partial charge in [0.25, 0.3) is 0 Å². The van der Waals surface area contributed by atoms with Gasteiger partial charge in [-0.15, -0.1) is 0 Å². The highest BCUT2D eigenvalue weighted by molar-refractivity contribution is 5.81. The topological polar surface area (TPSA) is 117 Å². The Morgan fingerprint density at radius 3 is 2.35 bits per heavy atom. The van der Waals surface area contributed by atoms with E-state index in [0.717, 1.165) is 4.90 Å². The summed E-state index contributed by atoms with van der Waals surface area (Å²) in [5.74, 6) is -0.644. The standard InChI is InChI=1S/C13H21N3O4/c1-11(2,3)20-9(17)13(8-14)5-6-16(10(18)19)12(4,15)7-13/h5-7,15H2,1-4H3,(H,18,19). The molecule has 3 N–H and O–H groups in total. The monoisotopic (exact) mass is 283 g/mol. The molecule has 0 spiro atoms. The van der Waals surface area contributed by atoms with Gasteiger partial charge in [0.1, 0.15) is 5.60 Å². The minimum atomic E-state index is -1.40. The quantitative estimate of drug-likeness (QED) is 0.700. The van der Waals surface area contributed by atoms with Crippen LogP contribution in [0.3, 0.4) is 0 Å². The van der Waals surface area contributed by atoms with E-state index in [2.05, 4.69) is 0 Å². The molecule has 1 aliphatic heterocycles. The fourth-order valence-corrected chi connectivity index (χ4v) is 2.36. The first-order chi connectivity index (χ1) is 8.93. The van der Waals surface area contributed by atoms with Gasteiger partial charge in [-0.2, -0.15) is 5.26 Å². The number of carbonyl (C=O) groups excluding carboxylic acids is 1. The van der Waals surface area contributed by atoms with Crippen molar-refractivity contribution in [2.75, 3.05) is 6.54 Å². The number of nitriles is 1. The SMILES string of the molecule is CC(C)(C)OC(=O)C1(C#N)CCN(C(=O)O)C(C)(N)C1. The number of nitrogens with zero attached hydrogens (tertiary/aromatic N) is 2. The number of amides is 1. The molecule has 1 fully saturated rings. The molecule has 7 nitrogen and oxygen atoms in total. The zero-order valence-corrected chi connectivity index (χ0v) is 12.3. The second-order valence-electron chi connectivity index (χ2n) is 6.41. The Labute approximate surface area is 118 Å². The molecule has 7 heteroatoms. The number of carboxylic acid groups (broad SMARTS) is 1. The van der Waals surface area contributed by atoms with Crippen LogP contribution in [0, 0.1) is 16.7 Å². The Bertz CT molecular complexity index is 461. The van der Waals surface area contributed by atoms with E-state index in [1.165, 1.54) is 6.92 Å². The molecule has 1 rings (SSSR count). The van der Waals surface area contributed by atoms with Crippen molar-refractivity contribution >= 4 is 12.1 Å². The zero-order chi connectivity index (χ0) is 15.8. The summed E-state index contributed by atoms with van der Waals surface area (Å²) in [7, 11) is 0. The second kappa shape index (κ2) is 4.94. The second-order valence-corrected chi connectivity index (χ2v) is 6.41. The van der Waals surface area contributed by atoms with Gasteiger partial charge in [-0.05, 0) is 34.1 Å². The van der Waals surface area contributed by atoms with Crippen LogP contribution in [0.25, 0.3) is 0 Å². The van der Waals surface area contributed by atoms with Crippen molar-refractivity contribution in [3.63, 3.8) is 0 Å². The number of likely N-dealkylation sites (tertiary alicyclic amines) is 1. The molecular weight excluding hydrogens is 262 g/mol. The van der Waals surface area contributed by atoms with Crippen LogP contribution in [-0.2, 0) is 9.53 Å². The van der Waals surface area contributed by atoms with E-state index < -0.39 is 28.7 Å². The van der Waals surface area contributed by atoms with Crippen LogP contribution in [0.5, 0.6) is 0 Å². The molecule has 0 aromatic carbocycles. The van der Waals surface area contributed by atoms with Crippen molar-refractivity contribution in [3.8, 4) is 6.07 Å². The highest BCUT2D eigenvalue weighted by atomic mass is 16.6. The largest absolute Gasteiger partial charge is 0.465 e. The molecule has 0 radical (unpaired) electrons. The van der Waals surface area contributed by atoms with E-state index in [0.29, 0.717) is 0 Å². The van der Waals surface area contributed by atoms with Crippen molar-refractivity contribution in [1.82, 2.24) is 4.90 Å². The molecular formula is C13H21N3O4. The average Bonchev–Trinajstić information content (AvgIpc) is 2.24. The maximum Gasteiger partial charge on any atom is 0.408 e. The average molecular weight is 283 g/mol. The summed E-state index contributed by atoms with van der Waals surface area (Å²) in [5, 5.41) is 18.5. The van der Waals surface area contributed by atoms with Gasteiger partial charge >= 0.3 is 12.1 Å². The van der Waals surface area contributed by atoms with Crippen LogP contribution in [-0.4, -0.2) is 39.9 Å². The van der Waals surface area contributed by atoms with E-state index in [4.69, 9.17) is 15.6 Å². The Morgan fingerprint density at radius 2 is 2.00 bits per heavy atom. The number of esters is 1. The van der Waals surface area contributed by atoms with Gasteiger partial charge in [-0.25, -0.2) is 4.79 Å². The molecule has 20 heavy (non-hydrogen) atoms. The predicted octanol–water partition coefficient (Wildman–Crippen LogP) is 1.29. The fraction of sp³-hybridized carbons (Fsp3) is 0.769. The maximum atomic E-state index is 12.3. The molecule has 0 aromatic heterocycles. The van der Waals surface area contributed by atoms with Gasteiger partial charge in [-0.3, -0.25) is 9.69 Å². The highest BCUT2D eigenvalue weighted by Gasteiger charge is 2.52. The van der Waals surface area contributed by atoms with Gasteiger partial charge in [0.15, 0.2) is 5.41 Å². The van der Waals surface area contributed by atoms with Crippen molar-refractivity contribution in [2.24, 2.45) is 11.1 Å². The van der Waals surface area contributed by atoms with Crippen LogP contribution in [0.2, 0.25) is 0 Å². The van der Waals surface area contributed by atoms with Crippen LogP contribution in [0.1, 0.15) is 40.5 Å². The van der Waals surface area contributed by atoms with Crippen molar-refractivity contribution in [1.29, 1.82) is 5.26 Å². The zero-order valence-electron chi connectivity index (χ0n) is 12.3. The highest BCUT2D eigenvalue weighted by Crippen LogP contribution is 2.39. The summed E-state index contributed by atoms with van der Waals surface area (Å²) >= 11 is 0. The summed E-state index contributed by atoms with van der Waals surface area (Å²) in [4.78, 5) is 24.4. The summed E-state index contributed by atoms with van der Waals surface area (Å²) in [5.41, 5.74) is 2.57. The first-order valence-corrected chi connectivity index (χ1v) is 6.38. The molecule has 1 aliphatic rings. The molecule has 112 valence electrons. The molecule has 2 unspecified atom stereocenters. The molecule has 2 atom stereocenters. The smallest absolute Gasteiger partial charge is 0.408 e. The lowest BCUT2D eigenvalue weighted by molar-refractivity contribution is -0.169. The van der Waals surface area contributed by atoms with Crippen molar-refractivity contribution in [3.05, 3.63) is 0 Å². The lowest BCUT2D eigenvalue weighted by atomic mass is 9.74. The van der Waals surface area contributed by atoms with Gasteiger partial charge in [-0.1, -0.05) is 0 Å². The first kappa shape index (κ1) is 16.2. The third kappa shape index (κ3) is 3.20. The number of ether oxygens (including phenoxy) is 1. The van der Waals surface area contributed by atoms with E-state index in [1.54, 1.807) is 20.8 Å². The first-order valence-electron chi connectivity index (χ1n) is 6.38. The third-order valence-corrected chi connectivity index (χ3v) is 3.27. The number of hydrogen-bond donors (Lipinski definition) is 2. The number of piperidine rings is 1. The van der Waals surface area contributed by atoms with Crippen molar-refractivity contribution < 1.29 is 19.4 Å². The number of nitrogens with two attached hydrogens (primary N) is 1. The van der Waals surface area contributed by atoms with Gasteiger partial charge in [0.2, 0.25) is 0 Å². The molecule has 1 heterocycles. The van der Waals surface area contributed by atoms with Crippen LogP contribution in [0.4, 0.5) is 4.79 Å². The van der Waals surface area contributed by atoms with Gasteiger partial charge < -0.3 is 15.6 Å². The van der Waals surface area contributed by atoms with Crippen LogP contribution >= 0.6 is 0 Å². The van der Waals surface area contributed by atoms with Crippen LogP contribution < -0.4 is 5.73 Å². The summed E-state index contributed by atoms with van der Waals surface area (Å²) < 4.78 is 5.28. The molecule has 1 amide bonds. The lowest BCUT2D eigenvalue weighted by Gasteiger charge is -2.46. The summed E-state index contributed by atoms with van der Waals surface area (Å²) in [6.45, 7) is 6.66. The Morgan fingerprint density at radius 1 is 1.45 bits per heavy atom. The maximum absolute atomic E-state index is 12.3. The van der Waals surface area contributed by atoms with Crippen molar-refractivity contribution in [2.45, 2.75) is 51.8 Å². The molecule has 1 saturated heterocycles. The van der Waals surface area contributed by atoms with E-state index in [-0.39, 0.29) is 19.4 Å². The van der Waals surface area contributed by atoms with Gasteiger partial charge in [0.05, 0.1) is 11.7 Å². The lowest BCUT2D eigenvalue weighted by Crippen LogP contribution is -2.63. The summed E-state index contributed by atoms with van der Waals surface area (Å²) in [6, 6.07) is 1.98. The fourth-order valence-electron chi connectivity index (χ4n) is 2.36. The van der Waals surface area contributed by atoms with Gasteiger partial charge in [0, 0.05) is 13.0 Å². The number of rotatable bonds is 1. The van der Waals surface area contributed by atoms with Crippen LogP contribution in [0.15, 0.2) is 0 Å². The summed E-state index contributed by atoms with van der Waals surface area (Å²) in [6.07, 6.45) is -1.17. The normalized spacial score (nSPS) is 30.5. The predicted molar refractivity (Wildman–Crippen MR) is 70.4 cm³/mol. The number of hydrogen-bond acceptors (Lipinski definition) is 5. The molecule has 0 saturated carbocycles. The van der Waals surface area contributed by atoms with E-state index in [1.807, 2.05) is 6.07 Å². The third-order valence-electron chi connectivity index (χ3n) is 3.27. The number of carbonyl (C=O) groups is 2. The van der Waals surface area contributed by atoms with E-state index >= 15 is 0 Å². The minimum absolute atomic E-state index is 0.0230. The molecule has 0 aromatic rings. The molecule has 0 aliphatic carbocycles. The molecule has 0 bridgehead atoms. The Kier molecular flexibility index (Phi) is 4.02. The van der Waals surface area contributed by atoms with E-state index in [9.17, 15) is 14.9 Å². The Hall–Kier alpha value is -1.81. The Balaban J connectivity index is 3.02.